The summed E-state index contributed by atoms with van der Waals surface area (Å²) >= 11 is 0. The van der Waals surface area contributed by atoms with Crippen LogP contribution in [0.15, 0.2) is 18.2 Å². The van der Waals surface area contributed by atoms with E-state index in [1.165, 1.54) is 12.1 Å². The summed E-state index contributed by atoms with van der Waals surface area (Å²) in [6, 6.07) is 6.94. The van der Waals surface area contributed by atoms with Crippen molar-refractivity contribution in [2.45, 2.75) is 25.4 Å². The maximum Gasteiger partial charge on any atom is 0.123 e. The third-order valence-electron chi connectivity index (χ3n) is 3.72. The summed E-state index contributed by atoms with van der Waals surface area (Å²) in [5.74, 6) is 0.505. The topological polar surface area (TPSA) is 42.2 Å². The molecule has 0 amide bonds. The molecule has 18 heavy (non-hydrogen) atoms. The Morgan fingerprint density at radius 1 is 1.50 bits per heavy atom. The summed E-state index contributed by atoms with van der Waals surface area (Å²) in [6.45, 7) is 1.12. The molecule has 2 atom stereocenters. The van der Waals surface area contributed by atoms with Gasteiger partial charge in [-0.15, -0.1) is 0 Å². The summed E-state index contributed by atoms with van der Waals surface area (Å²) in [6.07, 6.45) is 2.05. The van der Waals surface area contributed by atoms with Crippen LogP contribution in [-0.4, -0.2) is 19.3 Å². The van der Waals surface area contributed by atoms with Crippen molar-refractivity contribution >= 4 is 0 Å². The summed E-state index contributed by atoms with van der Waals surface area (Å²) in [7, 11) is 0. The highest BCUT2D eigenvalue weighted by Gasteiger charge is 2.39. The predicted molar refractivity (Wildman–Crippen MR) is 62.6 cm³/mol. The van der Waals surface area contributed by atoms with Crippen molar-refractivity contribution in [2.24, 2.45) is 5.41 Å². The van der Waals surface area contributed by atoms with Gasteiger partial charge in [-0.3, -0.25) is 0 Å². The number of nitriles is 1. The summed E-state index contributed by atoms with van der Waals surface area (Å²) < 4.78 is 24.2. The second-order valence-electron chi connectivity index (χ2n) is 5.09. The first-order valence-corrected chi connectivity index (χ1v) is 6.15. The molecule has 1 fully saturated rings. The van der Waals surface area contributed by atoms with E-state index in [0.29, 0.717) is 26.1 Å². The molecule has 0 saturated carbocycles. The van der Waals surface area contributed by atoms with E-state index in [9.17, 15) is 9.65 Å². The molecule has 0 radical (unpaired) electrons. The van der Waals surface area contributed by atoms with Crippen molar-refractivity contribution in [1.29, 1.82) is 5.26 Å². The van der Waals surface area contributed by atoms with E-state index >= 15 is 0 Å². The Morgan fingerprint density at radius 3 is 3.11 bits per heavy atom. The average Bonchev–Trinajstić information content (AvgIpc) is 2.96. The molecule has 0 aliphatic carbocycles. The molecular formula is C14H14FNO2. The van der Waals surface area contributed by atoms with Crippen LogP contribution in [0.3, 0.4) is 0 Å². The van der Waals surface area contributed by atoms with Crippen LogP contribution >= 0.6 is 0 Å². The van der Waals surface area contributed by atoms with E-state index < -0.39 is 5.41 Å². The maximum absolute atomic E-state index is 13.1. The van der Waals surface area contributed by atoms with Gasteiger partial charge in [0.15, 0.2) is 0 Å². The molecular weight excluding hydrogens is 233 g/mol. The quantitative estimate of drug-likeness (QED) is 0.806. The number of rotatable bonds is 2. The minimum Gasteiger partial charge on any atom is -0.490 e. The van der Waals surface area contributed by atoms with Crippen LogP contribution in [-0.2, 0) is 11.2 Å². The first-order valence-electron chi connectivity index (χ1n) is 6.15. The van der Waals surface area contributed by atoms with Crippen LogP contribution in [0.1, 0.15) is 18.4 Å². The fourth-order valence-electron chi connectivity index (χ4n) is 2.74. The fourth-order valence-corrected chi connectivity index (χ4v) is 2.74. The molecule has 2 aliphatic rings. The average molecular weight is 247 g/mol. The molecule has 1 saturated heterocycles. The summed E-state index contributed by atoms with van der Waals surface area (Å²) in [4.78, 5) is 0. The molecule has 0 bridgehead atoms. The highest BCUT2D eigenvalue weighted by molar-refractivity contribution is 5.38. The molecule has 1 aromatic carbocycles. The number of ether oxygens (including phenoxy) is 2. The van der Waals surface area contributed by atoms with E-state index in [4.69, 9.17) is 9.47 Å². The molecule has 94 valence electrons. The largest absolute Gasteiger partial charge is 0.490 e. The first-order chi connectivity index (χ1) is 8.71. The molecule has 2 aliphatic heterocycles. The van der Waals surface area contributed by atoms with Gasteiger partial charge in [0.25, 0.3) is 0 Å². The lowest BCUT2D eigenvalue weighted by atomic mass is 9.82. The molecule has 2 unspecified atom stereocenters. The van der Waals surface area contributed by atoms with Crippen molar-refractivity contribution < 1.29 is 13.9 Å². The zero-order valence-electron chi connectivity index (χ0n) is 9.99. The van der Waals surface area contributed by atoms with Crippen molar-refractivity contribution in [3.8, 4) is 11.8 Å². The lowest BCUT2D eigenvalue weighted by molar-refractivity contribution is 0.133. The van der Waals surface area contributed by atoms with Crippen molar-refractivity contribution in [3.05, 3.63) is 29.6 Å². The molecule has 3 nitrogen and oxygen atoms in total. The third kappa shape index (κ3) is 1.95. The zero-order chi connectivity index (χ0) is 12.6. The van der Waals surface area contributed by atoms with Gasteiger partial charge < -0.3 is 9.47 Å². The first kappa shape index (κ1) is 11.5. The Balaban J connectivity index is 1.73. The van der Waals surface area contributed by atoms with E-state index in [1.54, 1.807) is 6.07 Å². The van der Waals surface area contributed by atoms with Gasteiger partial charge in [-0.25, -0.2) is 4.39 Å². The highest BCUT2D eigenvalue weighted by atomic mass is 19.1. The number of fused-ring (bicyclic) bond motifs is 1. The predicted octanol–water partition coefficient (Wildman–Crippen LogP) is 2.45. The van der Waals surface area contributed by atoms with Crippen LogP contribution in [0.4, 0.5) is 4.39 Å². The van der Waals surface area contributed by atoms with Crippen LogP contribution in [0, 0.1) is 22.6 Å². The van der Waals surface area contributed by atoms with Crippen LogP contribution in [0.25, 0.3) is 0 Å². The van der Waals surface area contributed by atoms with Gasteiger partial charge in [-0.1, -0.05) is 0 Å². The Labute approximate surface area is 105 Å². The molecule has 0 aromatic heterocycles. The second-order valence-corrected chi connectivity index (χ2v) is 5.09. The highest BCUT2D eigenvalue weighted by Crippen LogP contribution is 2.38. The standard InChI is InChI=1S/C14H14FNO2/c15-11-1-2-13-10(5-11)6-12(18-13)7-14(8-16)3-4-17-9-14/h1-2,5,12H,3-4,6-7,9H2. The zero-order valence-corrected chi connectivity index (χ0v) is 9.99. The van der Waals surface area contributed by atoms with E-state index in [-0.39, 0.29) is 11.9 Å². The normalized spacial score (nSPS) is 29.7. The van der Waals surface area contributed by atoms with Crippen LogP contribution < -0.4 is 4.74 Å². The van der Waals surface area contributed by atoms with Gasteiger partial charge in [0, 0.05) is 25.0 Å². The smallest absolute Gasteiger partial charge is 0.123 e. The molecule has 0 spiro atoms. The Hall–Kier alpha value is -1.60. The van der Waals surface area contributed by atoms with Gasteiger partial charge in [0.05, 0.1) is 18.1 Å². The van der Waals surface area contributed by atoms with Crippen LogP contribution in [0.5, 0.6) is 5.75 Å². The number of halogens is 1. The van der Waals surface area contributed by atoms with E-state index in [1.807, 2.05) is 0 Å². The number of hydrogen-bond donors (Lipinski definition) is 0. The molecule has 1 aromatic rings. The van der Waals surface area contributed by atoms with Crippen molar-refractivity contribution in [1.82, 2.24) is 0 Å². The Morgan fingerprint density at radius 2 is 2.39 bits per heavy atom. The monoisotopic (exact) mass is 247 g/mol. The molecule has 0 N–H and O–H groups in total. The number of benzene rings is 1. The number of hydrogen-bond acceptors (Lipinski definition) is 3. The van der Waals surface area contributed by atoms with E-state index in [0.717, 1.165) is 17.7 Å². The Bertz CT molecular complexity index is 503. The van der Waals surface area contributed by atoms with Crippen molar-refractivity contribution in [3.63, 3.8) is 0 Å². The summed E-state index contributed by atoms with van der Waals surface area (Å²) in [5, 5.41) is 9.29. The number of nitrogens with zero attached hydrogens (tertiary/aromatic N) is 1. The minimum atomic E-state index is -0.425. The Kier molecular flexibility index (Phi) is 2.71. The summed E-state index contributed by atoms with van der Waals surface area (Å²) in [5.41, 5.74) is 0.470. The lowest BCUT2D eigenvalue weighted by Crippen LogP contribution is -2.28. The fraction of sp³-hybridized carbons (Fsp3) is 0.500. The van der Waals surface area contributed by atoms with Crippen LogP contribution in [0.2, 0.25) is 0 Å². The second kappa shape index (κ2) is 4.25. The molecule has 2 heterocycles. The van der Waals surface area contributed by atoms with Crippen molar-refractivity contribution in [2.75, 3.05) is 13.2 Å². The van der Waals surface area contributed by atoms with Gasteiger partial charge in [-0.05, 0) is 24.6 Å². The maximum atomic E-state index is 13.1. The minimum absolute atomic E-state index is 0.0388. The van der Waals surface area contributed by atoms with Gasteiger partial charge in [0.1, 0.15) is 17.7 Å². The van der Waals surface area contributed by atoms with Gasteiger partial charge in [0.2, 0.25) is 0 Å². The molecule has 3 rings (SSSR count). The third-order valence-corrected chi connectivity index (χ3v) is 3.72. The SMILES string of the molecule is N#CC1(CC2Cc3cc(F)ccc3O2)CCOC1. The van der Waals surface area contributed by atoms with E-state index in [2.05, 4.69) is 6.07 Å². The van der Waals surface area contributed by atoms with Gasteiger partial charge >= 0.3 is 0 Å². The van der Waals surface area contributed by atoms with Gasteiger partial charge in [-0.2, -0.15) is 5.26 Å². The lowest BCUT2D eigenvalue weighted by Gasteiger charge is -2.22. The molecule has 4 heteroatoms.